The molecule has 0 aliphatic heterocycles. The van der Waals surface area contributed by atoms with Crippen molar-refractivity contribution in [2.45, 2.75) is 149 Å². The van der Waals surface area contributed by atoms with Gasteiger partial charge < -0.3 is 9.47 Å². The van der Waals surface area contributed by atoms with Crippen molar-refractivity contribution in [1.82, 2.24) is 0 Å². The van der Waals surface area contributed by atoms with Crippen molar-refractivity contribution in [1.29, 1.82) is 0 Å². The van der Waals surface area contributed by atoms with E-state index in [9.17, 15) is 9.59 Å². The number of carbonyl (C=O) groups is 2. The lowest BCUT2D eigenvalue weighted by molar-refractivity contribution is -0.143. The van der Waals surface area contributed by atoms with Crippen LogP contribution in [0, 0.1) is 0 Å². The minimum atomic E-state index is -0.496. The molecule has 0 N–H and O–H groups in total. The fraction of sp³-hybridized carbons (Fsp3) is 0.857. The van der Waals surface area contributed by atoms with Crippen LogP contribution in [-0.4, -0.2) is 24.6 Å². The van der Waals surface area contributed by atoms with Crippen molar-refractivity contribution in [3.8, 4) is 0 Å². The van der Waals surface area contributed by atoms with Crippen LogP contribution in [0.2, 0.25) is 0 Å². The Labute approximate surface area is 198 Å². The lowest BCUT2D eigenvalue weighted by Gasteiger charge is -2.07. The summed E-state index contributed by atoms with van der Waals surface area (Å²) in [7, 11) is 0. The molecule has 0 saturated heterocycles. The highest BCUT2D eigenvalue weighted by atomic mass is 16.5. The summed E-state index contributed by atoms with van der Waals surface area (Å²) in [5.74, 6) is -0.970. The first-order chi connectivity index (χ1) is 15.6. The summed E-state index contributed by atoms with van der Waals surface area (Å²) in [6, 6.07) is 0. The zero-order chi connectivity index (χ0) is 23.7. The van der Waals surface area contributed by atoms with E-state index in [0.717, 1.165) is 31.4 Å². The van der Waals surface area contributed by atoms with Gasteiger partial charge in [0.15, 0.2) is 0 Å². The van der Waals surface area contributed by atoms with E-state index < -0.39 is 11.9 Å². The van der Waals surface area contributed by atoms with Crippen molar-refractivity contribution in [3.05, 3.63) is 12.2 Å². The fourth-order valence-corrected chi connectivity index (χ4v) is 3.68. The molecule has 32 heavy (non-hydrogen) atoms. The highest BCUT2D eigenvalue weighted by molar-refractivity contribution is 5.91. The van der Waals surface area contributed by atoms with E-state index in [1.165, 1.54) is 103 Å². The second kappa shape index (κ2) is 24.3. The number of rotatable bonds is 23. The van der Waals surface area contributed by atoms with Gasteiger partial charge in [0.25, 0.3) is 0 Å². The predicted octanol–water partition coefficient (Wildman–Crippen LogP) is 8.47. The molecule has 1 unspecified atom stereocenters. The van der Waals surface area contributed by atoms with Crippen molar-refractivity contribution < 1.29 is 19.1 Å². The van der Waals surface area contributed by atoms with Crippen molar-refractivity contribution in [2.75, 3.05) is 6.61 Å². The van der Waals surface area contributed by atoms with E-state index in [4.69, 9.17) is 9.47 Å². The third-order valence-electron chi connectivity index (χ3n) is 5.99. The van der Waals surface area contributed by atoms with Crippen LogP contribution >= 0.6 is 0 Å². The van der Waals surface area contributed by atoms with Gasteiger partial charge in [0.2, 0.25) is 0 Å². The molecule has 1 atom stereocenters. The van der Waals surface area contributed by atoms with E-state index >= 15 is 0 Å². The molecule has 0 aliphatic rings. The molecule has 0 heterocycles. The number of ether oxygens (including phenoxy) is 2. The zero-order valence-corrected chi connectivity index (χ0v) is 21.5. The summed E-state index contributed by atoms with van der Waals surface area (Å²) in [5.41, 5.74) is 0. The molecular formula is C28H52O4. The highest BCUT2D eigenvalue weighted by Gasteiger charge is 2.05. The topological polar surface area (TPSA) is 52.6 Å². The average molecular weight is 453 g/mol. The summed E-state index contributed by atoms with van der Waals surface area (Å²) in [6.07, 6.45) is 27.0. The van der Waals surface area contributed by atoms with Crippen LogP contribution in [0.15, 0.2) is 12.2 Å². The Kier molecular flexibility index (Phi) is 23.3. The smallest absolute Gasteiger partial charge is 0.331 e. The zero-order valence-electron chi connectivity index (χ0n) is 21.5. The second-order valence-electron chi connectivity index (χ2n) is 9.17. The Morgan fingerprint density at radius 1 is 0.594 bits per heavy atom. The van der Waals surface area contributed by atoms with E-state index in [0.29, 0.717) is 6.61 Å². The SMILES string of the molecule is CCCCCCCCCCCCCCCCCCCCOC(=O)/C=C/C(=O)OC(C)CC. The first-order valence-corrected chi connectivity index (χ1v) is 13.7. The van der Waals surface area contributed by atoms with E-state index in [1.54, 1.807) is 0 Å². The minimum Gasteiger partial charge on any atom is -0.463 e. The number of hydrogen-bond acceptors (Lipinski definition) is 4. The average Bonchev–Trinajstić information content (AvgIpc) is 2.79. The molecule has 0 aromatic carbocycles. The van der Waals surface area contributed by atoms with Crippen LogP contribution in [-0.2, 0) is 19.1 Å². The summed E-state index contributed by atoms with van der Waals surface area (Å²) in [6.45, 7) is 6.46. The molecule has 0 spiro atoms. The molecule has 0 aromatic rings. The summed E-state index contributed by atoms with van der Waals surface area (Å²) in [5, 5.41) is 0. The van der Waals surface area contributed by atoms with Gasteiger partial charge in [0, 0.05) is 12.2 Å². The van der Waals surface area contributed by atoms with Gasteiger partial charge in [-0.1, -0.05) is 123 Å². The van der Waals surface area contributed by atoms with E-state index in [-0.39, 0.29) is 6.10 Å². The molecule has 0 amide bonds. The van der Waals surface area contributed by atoms with Gasteiger partial charge in [0.05, 0.1) is 12.7 Å². The Morgan fingerprint density at radius 2 is 0.969 bits per heavy atom. The van der Waals surface area contributed by atoms with E-state index in [1.807, 2.05) is 13.8 Å². The Bertz CT molecular complexity index is 458. The largest absolute Gasteiger partial charge is 0.463 e. The molecule has 0 rings (SSSR count). The van der Waals surface area contributed by atoms with Crippen molar-refractivity contribution >= 4 is 11.9 Å². The normalized spacial score (nSPS) is 12.2. The van der Waals surface area contributed by atoms with Crippen LogP contribution in [0.3, 0.4) is 0 Å². The molecule has 0 aromatic heterocycles. The standard InChI is InChI=1S/C28H52O4/c1-4-6-7-8-9-10-11-12-13-14-15-16-17-18-19-20-21-22-25-31-27(29)23-24-28(30)32-26(3)5-2/h23-24,26H,4-22,25H2,1-3H3/b24-23+. The van der Waals surface area contributed by atoms with Gasteiger partial charge in [-0.3, -0.25) is 0 Å². The molecule has 0 bridgehead atoms. The molecule has 0 fully saturated rings. The number of hydrogen-bond donors (Lipinski definition) is 0. The third-order valence-corrected chi connectivity index (χ3v) is 5.99. The Morgan fingerprint density at radius 3 is 1.38 bits per heavy atom. The molecule has 188 valence electrons. The van der Waals surface area contributed by atoms with Gasteiger partial charge >= 0.3 is 11.9 Å². The number of esters is 2. The first kappa shape index (κ1) is 30.7. The Hall–Kier alpha value is -1.32. The van der Waals surface area contributed by atoms with Crippen LogP contribution in [0.1, 0.15) is 143 Å². The fourth-order valence-electron chi connectivity index (χ4n) is 3.68. The maximum atomic E-state index is 11.6. The molecule has 0 aliphatic carbocycles. The lowest BCUT2D eigenvalue weighted by Crippen LogP contribution is -2.12. The van der Waals surface area contributed by atoms with Gasteiger partial charge in [-0.25, -0.2) is 9.59 Å². The van der Waals surface area contributed by atoms with E-state index in [2.05, 4.69) is 6.92 Å². The van der Waals surface area contributed by atoms with Gasteiger partial charge in [-0.15, -0.1) is 0 Å². The van der Waals surface area contributed by atoms with Crippen LogP contribution in [0.5, 0.6) is 0 Å². The first-order valence-electron chi connectivity index (χ1n) is 13.7. The monoisotopic (exact) mass is 452 g/mol. The van der Waals surface area contributed by atoms with Gasteiger partial charge in [-0.05, 0) is 19.8 Å². The third kappa shape index (κ3) is 23.3. The summed E-state index contributed by atoms with van der Waals surface area (Å²) in [4.78, 5) is 23.0. The van der Waals surface area contributed by atoms with Crippen LogP contribution < -0.4 is 0 Å². The summed E-state index contributed by atoms with van der Waals surface area (Å²) < 4.78 is 10.2. The maximum Gasteiger partial charge on any atom is 0.331 e. The van der Waals surface area contributed by atoms with Crippen LogP contribution in [0.25, 0.3) is 0 Å². The van der Waals surface area contributed by atoms with Gasteiger partial charge in [-0.2, -0.15) is 0 Å². The van der Waals surface area contributed by atoms with Gasteiger partial charge in [0.1, 0.15) is 0 Å². The maximum absolute atomic E-state index is 11.6. The summed E-state index contributed by atoms with van der Waals surface area (Å²) >= 11 is 0. The van der Waals surface area contributed by atoms with Crippen molar-refractivity contribution in [3.63, 3.8) is 0 Å². The Balaban J connectivity index is 3.28. The number of carbonyl (C=O) groups excluding carboxylic acids is 2. The minimum absolute atomic E-state index is 0.136. The predicted molar refractivity (Wildman–Crippen MR) is 135 cm³/mol. The van der Waals surface area contributed by atoms with Crippen LogP contribution in [0.4, 0.5) is 0 Å². The van der Waals surface area contributed by atoms with Crippen molar-refractivity contribution in [2.24, 2.45) is 0 Å². The quantitative estimate of drug-likeness (QED) is 0.0886. The number of unbranched alkanes of at least 4 members (excludes halogenated alkanes) is 17. The molecule has 0 radical (unpaired) electrons. The molecular weight excluding hydrogens is 400 g/mol. The molecule has 4 nitrogen and oxygen atoms in total. The molecule has 4 heteroatoms. The highest BCUT2D eigenvalue weighted by Crippen LogP contribution is 2.14. The molecule has 0 saturated carbocycles. The second-order valence-corrected chi connectivity index (χ2v) is 9.17. The lowest BCUT2D eigenvalue weighted by atomic mass is 10.0.